The number of hydrogen-bond acceptors (Lipinski definition) is 6. The summed E-state index contributed by atoms with van der Waals surface area (Å²) in [4.78, 5) is 26.9. The smallest absolute Gasteiger partial charge is 0.227 e. The third-order valence-corrected chi connectivity index (χ3v) is 7.73. The Morgan fingerprint density at radius 3 is 2.41 bits per heavy atom. The minimum Gasteiger partial charge on any atom is -0.340 e. The number of rotatable bonds is 6. The summed E-state index contributed by atoms with van der Waals surface area (Å²) < 4.78 is 24.6. The molecular weight excluding hydrogens is 412 g/mol. The maximum atomic E-state index is 12.7. The van der Waals surface area contributed by atoms with Crippen LogP contribution in [0, 0.1) is 5.92 Å². The predicted octanol–water partition coefficient (Wildman–Crippen LogP) is 0.421. The van der Waals surface area contributed by atoms with E-state index in [9.17, 15) is 18.0 Å². The molecule has 2 N–H and O–H groups in total. The lowest BCUT2D eigenvalue weighted by Gasteiger charge is -2.37. The highest BCUT2D eigenvalue weighted by atomic mass is 32.2. The molecule has 2 heterocycles. The molecule has 8 nitrogen and oxygen atoms in total. The first-order valence-corrected chi connectivity index (χ1v) is 12.6. The third kappa shape index (κ3) is 5.94. The second-order valence-corrected chi connectivity index (χ2v) is 10.6. The molecule has 1 aromatic rings. The van der Waals surface area contributed by atoms with Crippen LogP contribution in [0.4, 0.5) is 0 Å². The van der Waals surface area contributed by atoms with E-state index in [-0.39, 0.29) is 29.8 Å². The first-order valence-electron chi connectivity index (χ1n) is 9.69. The number of carbonyl (C=O) groups is 2. The van der Waals surface area contributed by atoms with Crippen molar-refractivity contribution >= 4 is 33.6 Å². The Morgan fingerprint density at radius 1 is 1.17 bits per heavy atom. The lowest BCUT2D eigenvalue weighted by atomic mass is 9.94. The Bertz CT molecular complexity index is 826. The summed E-state index contributed by atoms with van der Waals surface area (Å²) in [6.45, 7) is 3.24. The van der Waals surface area contributed by atoms with Gasteiger partial charge in [-0.1, -0.05) is 30.3 Å². The molecular formula is C19H28N4O4S2. The number of hydrogen-bond donors (Lipinski definition) is 2. The van der Waals surface area contributed by atoms with Gasteiger partial charge in [0.25, 0.3) is 0 Å². The lowest BCUT2D eigenvalue weighted by Crippen LogP contribution is -2.60. The molecule has 2 saturated heterocycles. The first-order chi connectivity index (χ1) is 13.7. The number of nitrogens with zero attached hydrogens (tertiary/aromatic N) is 2. The van der Waals surface area contributed by atoms with Crippen LogP contribution in [0.15, 0.2) is 30.3 Å². The van der Waals surface area contributed by atoms with E-state index in [0.717, 1.165) is 5.75 Å². The van der Waals surface area contributed by atoms with Gasteiger partial charge in [-0.25, -0.2) is 8.42 Å². The molecule has 0 radical (unpaired) electrons. The minimum atomic E-state index is -3.23. The van der Waals surface area contributed by atoms with E-state index < -0.39 is 15.9 Å². The quantitative estimate of drug-likeness (QED) is 0.665. The molecule has 2 aliphatic rings. The molecule has 0 bridgehead atoms. The van der Waals surface area contributed by atoms with Gasteiger partial charge in [0.15, 0.2) is 0 Å². The van der Waals surface area contributed by atoms with Gasteiger partial charge in [-0.3, -0.25) is 14.9 Å². The monoisotopic (exact) mass is 440 g/mol. The zero-order valence-electron chi connectivity index (χ0n) is 16.7. The normalized spacial score (nSPS) is 26.2. The molecule has 2 aliphatic heterocycles. The third-order valence-electron chi connectivity index (χ3n) is 5.34. The van der Waals surface area contributed by atoms with Crippen molar-refractivity contribution < 1.29 is 18.0 Å². The summed E-state index contributed by atoms with van der Waals surface area (Å²) in [5.74, 6) is 0.107. The Hall–Kier alpha value is -1.62. The van der Waals surface area contributed by atoms with Crippen LogP contribution < -0.4 is 10.6 Å². The summed E-state index contributed by atoms with van der Waals surface area (Å²) in [6, 6.07) is 9.92. The average Bonchev–Trinajstić information content (AvgIpc) is 2.69. The number of nitrogens with one attached hydrogen (secondary N) is 2. The van der Waals surface area contributed by atoms with Gasteiger partial charge in [0.05, 0.1) is 12.2 Å². The lowest BCUT2D eigenvalue weighted by molar-refractivity contribution is -0.139. The van der Waals surface area contributed by atoms with Crippen LogP contribution in [0.3, 0.4) is 0 Å². The van der Waals surface area contributed by atoms with Gasteiger partial charge >= 0.3 is 0 Å². The number of amides is 2. The molecule has 3 atom stereocenters. The summed E-state index contributed by atoms with van der Waals surface area (Å²) >= 11 is 1.61. The van der Waals surface area contributed by atoms with Crippen molar-refractivity contribution in [3.05, 3.63) is 35.9 Å². The molecule has 0 saturated carbocycles. The molecule has 29 heavy (non-hydrogen) atoms. The van der Waals surface area contributed by atoms with E-state index in [2.05, 4.69) is 10.6 Å². The van der Waals surface area contributed by atoms with Crippen LogP contribution in [0.25, 0.3) is 0 Å². The van der Waals surface area contributed by atoms with Gasteiger partial charge in [-0.2, -0.15) is 4.31 Å². The summed E-state index contributed by atoms with van der Waals surface area (Å²) in [6.07, 6.45) is 1.30. The second-order valence-electron chi connectivity index (χ2n) is 7.49. The van der Waals surface area contributed by atoms with Crippen LogP contribution in [-0.2, 0) is 25.4 Å². The number of thioether (sulfide) groups is 1. The summed E-state index contributed by atoms with van der Waals surface area (Å²) in [5.41, 5.74) is 0.995. The van der Waals surface area contributed by atoms with Crippen molar-refractivity contribution in [3.63, 3.8) is 0 Å². The van der Waals surface area contributed by atoms with Gasteiger partial charge in [-0.15, -0.1) is 11.8 Å². The number of benzene rings is 1. The molecule has 0 aromatic heterocycles. The zero-order valence-corrected chi connectivity index (χ0v) is 18.3. The van der Waals surface area contributed by atoms with Crippen molar-refractivity contribution in [1.29, 1.82) is 0 Å². The van der Waals surface area contributed by atoms with E-state index in [0.29, 0.717) is 26.2 Å². The fourth-order valence-corrected chi connectivity index (χ4v) is 5.45. The van der Waals surface area contributed by atoms with E-state index in [4.69, 9.17) is 0 Å². The summed E-state index contributed by atoms with van der Waals surface area (Å²) in [7, 11) is -3.23. The minimum absolute atomic E-state index is 0.109. The standard InChI is InChI=1S/C19H28N4O4S2/c1-14-16(12-17(24)22-8-10-23(11-9-22)29(2,26)27)18(25)21-19(20-14)28-13-15-6-4-3-5-7-15/h3-7,14,16,19-20H,8-13H2,1-2H3,(H,21,25). The van der Waals surface area contributed by atoms with E-state index >= 15 is 0 Å². The van der Waals surface area contributed by atoms with Crippen molar-refractivity contribution in [2.45, 2.75) is 30.6 Å². The Morgan fingerprint density at radius 2 is 1.83 bits per heavy atom. The van der Waals surface area contributed by atoms with Crippen LogP contribution in [0.5, 0.6) is 0 Å². The highest BCUT2D eigenvalue weighted by Crippen LogP contribution is 2.22. The average molecular weight is 441 g/mol. The van der Waals surface area contributed by atoms with Gasteiger partial charge < -0.3 is 10.2 Å². The topological polar surface area (TPSA) is 98.8 Å². The molecule has 1 aromatic carbocycles. The molecule has 3 unspecified atom stereocenters. The maximum Gasteiger partial charge on any atom is 0.227 e. The van der Waals surface area contributed by atoms with Crippen LogP contribution in [-0.4, -0.2) is 73.4 Å². The molecule has 0 spiro atoms. The largest absolute Gasteiger partial charge is 0.340 e. The fourth-order valence-electron chi connectivity index (χ4n) is 3.56. The van der Waals surface area contributed by atoms with E-state index in [1.807, 2.05) is 37.3 Å². The van der Waals surface area contributed by atoms with E-state index in [1.54, 1.807) is 16.7 Å². The fraction of sp³-hybridized carbons (Fsp3) is 0.579. The number of sulfonamides is 1. The first kappa shape index (κ1) is 22.1. The van der Waals surface area contributed by atoms with Crippen molar-refractivity contribution in [2.75, 3.05) is 32.4 Å². The van der Waals surface area contributed by atoms with Gasteiger partial charge in [0.2, 0.25) is 21.8 Å². The van der Waals surface area contributed by atoms with Gasteiger partial charge in [0.1, 0.15) is 5.50 Å². The van der Waals surface area contributed by atoms with Crippen molar-refractivity contribution in [1.82, 2.24) is 19.8 Å². The van der Waals surface area contributed by atoms with Crippen molar-refractivity contribution in [3.8, 4) is 0 Å². The highest BCUT2D eigenvalue weighted by Gasteiger charge is 2.36. The SMILES string of the molecule is CC1NC(SCc2ccccc2)NC(=O)C1CC(=O)N1CCN(S(C)(=O)=O)CC1. The van der Waals surface area contributed by atoms with Crippen molar-refractivity contribution in [2.24, 2.45) is 5.92 Å². The summed E-state index contributed by atoms with van der Waals surface area (Å²) in [5, 5.41) is 6.33. The predicted molar refractivity (Wildman–Crippen MR) is 113 cm³/mol. The van der Waals surface area contributed by atoms with E-state index in [1.165, 1.54) is 16.1 Å². The number of piperazine rings is 1. The maximum absolute atomic E-state index is 12.7. The van der Waals surface area contributed by atoms with Crippen LogP contribution in [0.2, 0.25) is 0 Å². The highest BCUT2D eigenvalue weighted by molar-refractivity contribution is 7.99. The molecule has 2 amide bonds. The molecule has 2 fully saturated rings. The van der Waals surface area contributed by atoms with Crippen LogP contribution in [0.1, 0.15) is 18.9 Å². The molecule has 0 aliphatic carbocycles. The van der Waals surface area contributed by atoms with Gasteiger partial charge in [-0.05, 0) is 12.5 Å². The van der Waals surface area contributed by atoms with Gasteiger partial charge in [0, 0.05) is 44.4 Å². The second kappa shape index (κ2) is 9.46. The Kier molecular flexibility index (Phi) is 7.20. The molecule has 3 rings (SSSR count). The number of carbonyl (C=O) groups excluding carboxylic acids is 2. The molecule has 160 valence electrons. The Labute approximate surface area is 176 Å². The molecule has 10 heteroatoms. The Balaban J connectivity index is 1.48. The zero-order chi connectivity index (χ0) is 21.0. The van der Waals surface area contributed by atoms with Crippen LogP contribution >= 0.6 is 11.8 Å².